The predicted molar refractivity (Wildman–Crippen MR) is 87.3 cm³/mol. The summed E-state index contributed by atoms with van der Waals surface area (Å²) in [7, 11) is 0. The number of fused-ring (bicyclic) bond motifs is 1. The molecule has 0 aliphatic heterocycles. The molecule has 2 rings (SSSR count). The summed E-state index contributed by atoms with van der Waals surface area (Å²) in [6, 6.07) is 9.30. The molecule has 1 aromatic carbocycles. The van der Waals surface area contributed by atoms with Gasteiger partial charge >= 0.3 is 0 Å². The van der Waals surface area contributed by atoms with Gasteiger partial charge in [0.2, 0.25) is 0 Å². The third kappa shape index (κ3) is 3.50. The number of hydrogen-bond acceptors (Lipinski definition) is 2. The van der Waals surface area contributed by atoms with Gasteiger partial charge < -0.3 is 0 Å². The van der Waals surface area contributed by atoms with Gasteiger partial charge in [-0.3, -0.25) is 4.90 Å². The molecular formula is C16H22ClNS. The van der Waals surface area contributed by atoms with Crippen LogP contribution in [0.15, 0.2) is 29.6 Å². The predicted octanol–water partition coefficient (Wildman–Crippen LogP) is 5.13. The molecule has 2 aromatic rings. The molecule has 0 saturated carbocycles. The minimum atomic E-state index is 0.636. The number of rotatable bonds is 7. The smallest absolute Gasteiger partial charge is 0.0351 e. The molecule has 0 spiro atoms. The molecule has 1 nitrogen and oxygen atoms in total. The zero-order valence-electron chi connectivity index (χ0n) is 11.7. The number of thiophene rings is 1. The molecule has 0 N–H and O–H groups in total. The Kier molecular flexibility index (Phi) is 5.68. The molecule has 0 aliphatic carbocycles. The summed E-state index contributed by atoms with van der Waals surface area (Å²) in [4.78, 5) is 2.53. The highest BCUT2D eigenvalue weighted by atomic mass is 35.5. The zero-order chi connectivity index (χ0) is 13.7. The highest BCUT2D eigenvalue weighted by Crippen LogP contribution is 2.27. The first-order chi connectivity index (χ1) is 9.30. The van der Waals surface area contributed by atoms with E-state index >= 15 is 0 Å². The summed E-state index contributed by atoms with van der Waals surface area (Å²) in [5.41, 5.74) is 1.44. The molecule has 0 radical (unpaired) electrons. The van der Waals surface area contributed by atoms with E-state index < -0.39 is 0 Å². The molecule has 104 valence electrons. The zero-order valence-corrected chi connectivity index (χ0v) is 13.3. The van der Waals surface area contributed by atoms with Gasteiger partial charge in [-0.15, -0.1) is 22.9 Å². The largest absolute Gasteiger partial charge is 0.295 e. The van der Waals surface area contributed by atoms with Crippen molar-refractivity contribution < 1.29 is 0 Å². The number of alkyl halides is 1. The second-order valence-electron chi connectivity index (χ2n) is 4.89. The maximum Gasteiger partial charge on any atom is 0.0351 e. The summed E-state index contributed by atoms with van der Waals surface area (Å²) in [6.07, 6.45) is 2.38. The fourth-order valence-electron chi connectivity index (χ4n) is 2.68. The first kappa shape index (κ1) is 14.8. The molecule has 1 heterocycles. The molecule has 0 fully saturated rings. The number of hydrogen-bond donors (Lipinski definition) is 0. The average molecular weight is 296 g/mol. The van der Waals surface area contributed by atoms with Crippen LogP contribution in [0.3, 0.4) is 0 Å². The van der Waals surface area contributed by atoms with Crippen molar-refractivity contribution in [1.82, 2.24) is 4.90 Å². The second-order valence-corrected chi connectivity index (χ2v) is 6.18. The Bertz CT molecular complexity index is 504. The standard InChI is InChI=1S/C16H22ClNS/c1-3-14(4-2)18(10-9-17)11-13-12-19-16-8-6-5-7-15(13)16/h5-8,12,14H,3-4,9-11H2,1-2H3. The maximum atomic E-state index is 5.97. The van der Waals surface area contributed by atoms with Gasteiger partial charge in [0.1, 0.15) is 0 Å². The number of benzene rings is 1. The molecule has 1 aromatic heterocycles. The van der Waals surface area contributed by atoms with Crippen LogP contribution in [0.5, 0.6) is 0 Å². The fraction of sp³-hybridized carbons (Fsp3) is 0.500. The van der Waals surface area contributed by atoms with Crippen LogP contribution in [-0.2, 0) is 6.54 Å². The minimum absolute atomic E-state index is 0.636. The highest BCUT2D eigenvalue weighted by molar-refractivity contribution is 7.17. The monoisotopic (exact) mass is 295 g/mol. The highest BCUT2D eigenvalue weighted by Gasteiger charge is 2.16. The van der Waals surface area contributed by atoms with Crippen LogP contribution in [-0.4, -0.2) is 23.4 Å². The number of halogens is 1. The van der Waals surface area contributed by atoms with Crippen LogP contribution in [0.4, 0.5) is 0 Å². The molecule has 0 bridgehead atoms. The van der Waals surface area contributed by atoms with E-state index in [0.29, 0.717) is 11.9 Å². The summed E-state index contributed by atoms with van der Waals surface area (Å²) >= 11 is 7.81. The van der Waals surface area contributed by atoms with Crippen LogP contribution in [0.2, 0.25) is 0 Å². The van der Waals surface area contributed by atoms with Gasteiger partial charge in [0.15, 0.2) is 0 Å². The Labute approximate surface area is 125 Å². The lowest BCUT2D eigenvalue weighted by atomic mass is 10.1. The van der Waals surface area contributed by atoms with Gasteiger partial charge in [-0.1, -0.05) is 32.0 Å². The van der Waals surface area contributed by atoms with E-state index in [2.05, 4.69) is 48.4 Å². The van der Waals surface area contributed by atoms with Crippen LogP contribution in [0.25, 0.3) is 10.1 Å². The van der Waals surface area contributed by atoms with Gasteiger partial charge in [-0.05, 0) is 35.2 Å². The van der Waals surface area contributed by atoms with Crippen molar-refractivity contribution in [2.45, 2.75) is 39.3 Å². The Hall–Kier alpha value is -0.570. The van der Waals surface area contributed by atoms with E-state index in [1.807, 2.05) is 11.3 Å². The molecule has 0 saturated heterocycles. The second kappa shape index (κ2) is 7.28. The lowest BCUT2D eigenvalue weighted by Gasteiger charge is -2.29. The van der Waals surface area contributed by atoms with Crippen molar-refractivity contribution in [2.75, 3.05) is 12.4 Å². The van der Waals surface area contributed by atoms with Crippen molar-refractivity contribution in [2.24, 2.45) is 0 Å². The summed E-state index contributed by atoms with van der Waals surface area (Å²) in [6.45, 7) is 6.52. The normalized spacial score (nSPS) is 11.8. The third-order valence-corrected chi connectivity index (χ3v) is 4.95. The van der Waals surface area contributed by atoms with Crippen molar-refractivity contribution in [3.63, 3.8) is 0 Å². The van der Waals surface area contributed by atoms with Crippen molar-refractivity contribution >= 4 is 33.0 Å². The Morgan fingerprint density at radius 1 is 1.21 bits per heavy atom. The lowest BCUT2D eigenvalue weighted by Crippen LogP contribution is -2.35. The summed E-state index contributed by atoms with van der Waals surface area (Å²) < 4.78 is 1.38. The quantitative estimate of drug-likeness (QED) is 0.640. The van der Waals surface area contributed by atoms with Gasteiger partial charge in [-0.2, -0.15) is 0 Å². The fourth-order valence-corrected chi connectivity index (χ4v) is 3.85. The van der Waals surface area contributed by atoms with Crippen LogP contribution >= 0.6 is 22.9 Å². The van der Waals surface area contributed by atoms with Gasteiger partial charge in [0.05, 0.1) is 0 Å². The minimum Gasteiger partial charge on any atom is -0.295 e. The van der Waals surface area contributed by atoms with Crippen LogP contribution in [0.1, 0.15) is 32.3 Å². The Balaban J connectivity index is 2.20. The molecule has 19 heavy (non-hydrogen) atoms. The van der Waals surface area contributed by atoms with E-state index in [9.17, 15) is 0 Å². The molecule has 3 heteroatoms. The molecule has 0 aliphatic rings. The molecule has 0 atom stereocenters. The van der Waals surface area contributed by atoms with Gasteiger partial charge in [0, 0.05) is 29.7 Å². The first-order valence-corrected chi connectivity index (χ1v) is 8.46. The molecule has 0 amide bonds. The Morgan fingerprint density at radius 2 is 1.95 bits per heavy atom. The molecule has 0 unspecified atom stereocenters. The van der Waals surface area contributed by atoms with Crippen LogP contribution in [0, 0.1) is 0 Å². The topological polar surface area (TPSA) is 3.24 Å². The molecular weight excluding hydrogens is 274 g/mol. The van der Waals surface area contributed by atoms with Crippen molar-refractivity contribution in [3.8, 4) is 0 Å². The van der Waals surface area contributed by atoms with E-state index in [1.165, 1.54) is 28.5 Å². The maximum absolute atomic E-state index is 5.97. The SMILES string of the molecule is CCC(CC)N(CCCl)Cc1csc2ccccc12. The van der Waals surface area contributed by atoms with Crippen molar-refractivity contribution in [1.29, 1.82) is 0 Å². The first-order valence-electron chi connectivity index (χ1n) is 7.05. The summed E-state index contributed by atoms with van der Waals surface area (Å²) in [5, 5.41) is 3.70. The van der Waals surface area contributed by atoms with Gasteiger partial charge in [0.25, 0.3) is 0 Å². The third-order valence-electron chi connectivity index (χ3n) is 3.77. The average Bonchev–Trinajstić information content (AvgIpc) is 2.84. The number of nitrogens with zero attached hydrogens (tertiary/aromatic N) is 1. The van der Waals surface area contributed by atoms with Gasteiger partial charge in [-0.25, -0.2) is 0 Å². The summed E-state index contributed by atoms with van der Waals surface area (Å²) in [5.74, 6) is 0.707. The van der Waals surface area contributed by atoms with Crippen LogP contribution < -0.4 is 0 Å². The van der Waals surface area contributed by atoms with Crippen molar-refractivity contribution in [3.05, 3.63) is 35.2 Å². The van der Waals surface area contributed by atoms with E-state index in [0.717, 1.165) is 13.1 Å². The van der Waals surface area contributed by atoms with E-state index in [1.54, 1.807) is 0 Å². The van der Waals surface area contributed by atoms with E-state index in [4.69, 9.17) is 11.6 Å². The lowest BCUT2D eigenvalue weighted by molar-refractivity contribution is 0.189. The van der Waals surface area contributed by atoms with E-state index in [-0.39, 0.29) is 0 Å². The Morgan fingerprint density at radius 3 is 2.63 bits per heavy atom.